The average Bonchev–Trinajstić information content (AvgIpc) is 2.37. The minimum Gasteiger partial charge on any atom is -0.338 e. The zero-order chi connectivity index (χ0) is 14.9. The Morgan fingerprint density at radius 2 is 1.75 bits per heavy atom. The molecule has 1 aromatic carbocycles. The SMILES string of the molecule is CN(C)C1CCN(C(=O)c2c(F)cc(Br)cc2F)CC1. The van der Waals surface area contributed by atoms with E-state index in [0.717, 1.165) is 25.0 Å². The summed E-state index contributed by atoms with van der Waals surface area (Å²) < 4.78 is 27.9. The zero-order valence-electron chi connectivity index (χ0n) is 11.5. The van der Waals surface area contributed by atoms with Gasteiger partial charge in [0.15, 0.2) is 0 Å². The molecular formula is C14H17BrF2N2O. The first-order chi connectivity index (χ1) is 9.40. The number of piperidine rings is 1. The summed E-state index contributed by atoms with van der Waals surface area (Å²) in [5.41, 5.74) is -0.462. The van der Waals surface area contributed by atoms with E-state index in [1.54, 1.807) is 0 Å². The molecule has 3 nitrogen and oxygen atoms in total. The number of benzene rings is 1. The quantitative estimate of drug-likeness (QED) is 0.821. The molecule has 0 aliphatic carbocycles. The van der Waals surface area contributed by atoms with Crippen molar-refractivity contribution in [3.05, 3.63) is 33.8 Å². The molecule has 6 heteroatoms. The summed E-state index contributed by atoms with van der Waals surface area (Å²) in [5.74, 6) is -2.21. The Bertz CT molecular complexity index is 491. The van der Waals surface area contributed by atoms with Crippen molar-refractivity contribution in [1.82, 2.24) is 9.80 Å². The number of amides is 1. The number of carbonyl (C=O) groups is 1. The summed E-state index contributed by atoms with van der Waals surface area (Å²) in [6.45, 7) is 1.05. The number of carbonyl (C=O) groups excluding carboxylic acids is 1. The molecule has 1 fully saturated rings. The van der Waals surface area contributed by atoms with Gasteiger partial charge in [0.25, 0.3) is 5.91 Å². The average molecular weight is 347 g/mol. The normalized spacial score (nSPS) is 16.8. The van der Waals surface area contributed by atoms with Crippen LogP contribution in [0.2, 0.25) is 0 Å². The van der Waals surface area contributed by atoms with Gasteiger partial charge in [-0.05, 0) is 39.1 Å². The summed E-state index contributed by atoms with van der Waals surface area (Å²) in [6, 6.07) is 2.64. The molecule has 0 bridgehead atoms. The maximum absolute atomic E-state index is 13.8. The van der Waals surface area contributed by atoms with Crippen molar-refractivity contribution >= 4 is 21.8 Å². The summed E-state index contributed by atoms with van der Waals surface area (Å²) in [6.07, 6.45) is 1.64. The smallest absolute Gasteiger partial charge is 0.259 e. The lowest BCUT2D eigenvalue weighted by atomic mass is 10.0. The van der Waals surface area contributed by atoms with Crippen molar-refractivity contribution < 1.29 is 13.6 Å². The zero-order valence-corrected chi connectivity index (χ0v) is 13.1. The summed E-state index contributed by atoms with van der Waals surface area (Å²) in [7, 11) is 3.99. The molecule has 1 aromatic rings. The highest BCUT2D eigenvalue weighted by Crippen LogP contribution is 2.23. The molecule has 0 unspecified atom stereocenters. The molecule has 1 aliphatic rings. The lowest BCUT2D eigenvalue weighted by Gasteiger charge is -2.35. The van der Waals surface area contributed by atoms with E-state index >= 15 is 0 Å². The Morgan fingerprint density at radius 1 is 1.25 bits per heavy atom. The van der Waals surface area contributed by atoms with E-state index in [2.05, 4.69) is 20.8 Å². The van der Waals surface area contributed by atoms with E-state index in [1.165, 1.54) is 4.90 Å². The van der Waals surface area contributed by atoms with Crippen LogP contribution in [0.5, 0.6) is 0 Å². The van der Waals surface area contributed by atoms with Gasteiger partial charge in [-0.15, -0.1) is 0 Å². The third kappa shape index (κ3) is 3.17. The Balaban J connectivity index is 2.14. The van der Waals surface area contributed by atoms with Crippen LogP contribution >= 0.6 is 15.9 Å². The monoisotopic (exact) mass is 346 g/mol. The Kier molecular flexibility index (Phi) is 4.75. The second-order valence-electron chi connectivity index (χ2n) is 5.23. The predicted molar refractivity (Wildman–Crippen MR) is 76.7 cm³/mol. The standard InChI is InChI=1S/C14H17BrF2N2O/c1-18(2)10-3-5-19(6-4-10)14(20)13-11(16)7-9(15)8-12(13)17/h7-8,10H,3-6H2,1-2H3. The number of hydrogen-bond donors (Lipinski definition) is 0. The van der Waals surface area contributed by atoms with Gasteiger partial charge in [-0.2, -0.15) is 0 Å². The number of rotatable bonds is 2. The van der Waals surface area contributed by atoms with Gasteiger partial charge in [0.05, 0.1) is 0 Å². The van der Waals surface area contributed by atoms with Crippen molar-refractivity contribution in [3.8, 4) is 0 Å². The number of likely N-dealkylation sites (tertiary alicyclic amines) is 1. The van der Waals surface area contributed by atoms with Crippen LogP contribution in [0.4, 0.5) is 8.78 Å². The summed E-state index contributed by atoms with van der Waals surface area (Å²) >= 11 is 3.01. The van der Waals surface area contributed by atoms with Gasteiger partial charge in [-0.1, -0.05) is 15.9 Å². The van der Waals surface area contributed by atoms with Crippen molar-refractivity contribution in [2.24, 2.45) is 0 Å². The van der Waals surface area contributed by atoms with E-state index in [0.29, 0.717) is 19.1 Å². The Labute approximate surface area is 125 Å². The fraction of sp³-hybridized carbons (Fsp3) is 0.500. The minimum absolute atomic E-state index is 0.287. The summed E-state index contributed by atoms with van der Waals surface area (Å²) in [4.78, 5) is 15.9. The van der Waals surface area contributed by atoms with Crippen LogP contribution in [-0.4, -0.2) is 48.9 Å². The van der Waals surface area contributed by atoms with Crippen molar-refractivity contribution in [2.45, 2.75) is 18.9 Å². The van der Waals surface area contributed by atoms with E-state index in [9.17, 15) is 13.6 Å². The molecule has 1 aliphatic heterocycles. The van der Waals surface area contributed by atoms with Gasteiger partial charge in [0.2, 0.25) is 0 Å². The van der Waals surface area contributed by atoms with Crippen LogP contribution in [0.25, 0.3) is 0 Å². The highest BCUT2D eigenvalue weighted by Gasteiger charge is 2.28. The van der Waals surface area contributed by atoms with Crippen molar-refractivity contribution in [1.29, 1.82) is 0 Å². The van der Waals surface area contributed by atoms with Crippen LogP contribution in [-0.2, 0) is 0 Å². The molecule has 0 spiro atoms. The highest BCUT2D eigenvalue weighted by molar-refractivity contribution is 9.10. The van der Waals surface area contributed by atoms with Crippen molar-refractivity contribution in [3.63, 3.8) is 0 Å². The largest absolute Gasteiger partial charge is 0.338 e. The maximum atomic E-state index is 13.8. The van der Waals surface area contributed by atoms with Crippen LogP contribution in [0.3, 0.4) is 0 Å². The van der Waals surface area contributed by atoms with E-state index in [-0.39, 0.29) is 4.47 Å². The molecule has 0 N–H and O–H groups in total. The van der Waals surface area contributed by atoms with Gasteiger partial charge in [-0.25, -0.2) is 8.78 Å². The number of hydrogen-bond acceptors (Lipinski definition) is 2. The van der Waals surface area contributed by atoms with Crippen LogP contribution < -0.4 is 0 Å². The van der Waals surface area contributed by atoms with E-state index in [4.69, 9.17) is 0 Å². The lowest BCUT2D eigenvalue weighted by Crippen LogP contribution is -2.44. The molecule has 1 saturated heterocycles. The molecule has 20 heavy (non-hydrogen) atoms. The third-order valence-electron chi connectivity index (χ3n) is 3.70. The topological polar surface area (TPSA) is 23.6 Å². The first-order valence-corrected chi connectivity index (χ1v) is 7.29. The fourth-order valence-electron chi connectivity index (χ4n) is 2.49. The van der Waals surface area contributed by atoms with Crippen molar-refractivity contribution in [2.75, 3.05) is 27.2 Å². The van der Waals surface area contributed by atoms with E-state index in [1.807, 2.05) is 14.1 Å². The Morgan fingerprint density at radius 3 is 2.20 bits per heavy atom. The molecule has 0 saturated carbocycles. The van der Waals surface area contributed by atoms with Gasteiger partial charge >= 0.3 is 0 Å². The molecule has 0 radical (unpaired) electrons. The molecule has 110 valence electrons. The van der Waals surface area contributed by atoms with Gasteiger partial charge in [-0.3, -0.25) is 4.79 Å². The van der Waals surface area contributed by atoms with Crippen LogP contribution in [0.15, 0.2) is 16.6 Å². The van der Waals surface area contributed by atoms with Gasteiger partial charge in [0.1, 0.15) is 17.2 Å². The number of halogens is 3. The maximum Gasteiger partial charge on any atom is 0.259 e. The third-order valence-corrected chi connectivity index (χ3v) is 4.16. The molecule has 2 rings (SSSR count). The molecule has 0 atom stereocenters. The van der Waals surface area contributed by atoms with Crippen LogP contribution in [0.1, 0.15) is 23.2 Å². The molecule has 0 aromatic heterocycles. The molecular weight excluding hydrogens is 330 g/mol. The lowest BCUT2D eigenvalue weighted by molar-refractivity contribution is 0.0653. The second kappa shape index (κ2) is 6.18. The Hall–Kier alpha value is -1.01. The first kappa shape index (κ1) is 15.4. The predicted octanol–water partition coefficient (Wildman–Crippen LogP) is 2.89. The van der Waals surface area contributed by atoms with Gasteiger partial charge in [0, 0.05) is 23.6 Å². The second-order valence-corrected chi connectivity index (χ2v) is 6.15. The summed E-state index contributed by atoms with van der Waals surface area (Å²) in [5, 5.41) is 0. The van der Waals surface area contributed by atoms with Gasteiger partial charge < -0.3 is 9.80 Å². The van der Waals surface area contributed by atoms with Crippen LogP contribution in [0, 0.1) is 11.6 Å². The van der Waals surface area contributed by atoms with E-state index < -0.39 is 23.1 Å². The molecule has 1 heterocycles. The number of nitrogens with zero attached hydrogens (tertiary/aromatic N) is 2. The first-order valence-electron chi connectivity index (χ1n) is 6.50. The fourth-order valence-corrected chi connectivity index (χ4v) is 2.89. The highest BCUT2D eigenvalue weighted by atomic mass is 79.9. The minimum atomic E-state index is -0.823. The molecule has 1 amide bonds.